The Morgan fingerprint density at radius 2 is 1.50 bits per heavy atom. The summed E-state index contributed by atoms with van der Waals surface area (Å²) >= 11 is 0. The number of nitrogens with one attached hydrogen (secondary N) is 2. The van der Waals surface area contributed by atoms with E-state index in [0.29, 0.717) is 12.5 Å². The summed E-state index contributed by atoms with van der Waals surface area (Å²) in [6.07, 6.45) is 10.2. The van der Waals surface area contributed by atoms with Crippen LogP contribution in [0.2, 0.25) is 0 Å². The number of sulfone groups is 1. The number of unbranched alkanes of at least 4 members (excludes halogenated alkanes) is 6. The van der Waals surface area contributed by atoms with Crippen LogP contribution in [0.4, 0.5) is 0 Å². The molecule has 0 fully saturated rings. The molecule has 0 aliphatic rings. The second-order valence-corrected chi connectivity index (χ2v) is 7.44. The Labute approximate surface area is 124 Å². The largest absolute Gasteiger partial charge is 0.356 e. The van der Waals surface area contributed by atoms with Gasteiger partial charge in [0.1, 0.15) is 9.84 Å². The lowest BCUT2D eigenvalue weighted by molar-refractivity contribution is 0.583. The molecule has 0 aromatic carbocycles. The third-order valence-corrected chi connectivity index (χ3v) is 4.01. The molecule has 0 aliphatic carbocycles. The summed E-state index contributed by atoms with van der Waals surface area (Å²) in [6, 6.07) is 0. The Bertz CT molecular complexity index is 353. The van der Waals surface area contributed by atoms with Crippen LogP contribution in [0.15, 0.2) is 4.99 Å². The quantitative estimate of drug-likeness (QED) is 0.348. The summed E-state index contributed by atoms with van der Waals surface area (Å²) in [6.45, 7) is 3.51. The minimum atomic E-state index is -2.91. The van der Waals surface area contributed by atoms with Gasteiger partial charge in [-0.15, -0.1) is 0 Å². The number of hydrogen-bond donors (Lipinski definition) is 2. The van der Waals surface area contributed by atoms with Crippen LogP contribution < -0.4 is 10.6 Å². The number of guanidine groups is 1. The molecule has 0 bridgehead atoms. The van der Waals surface area contributed by atoms with Gasteiger partial charge >= 0.3 is 0 Å². The molecule has 0 radical (unpaired) electrons. The van der Waals surface area contributed by atoms with Crippen molar-refractivity contribution in [2.75, 3.05) is 32.1 Å². The van der Waals surface area contributed by atoms with Crippen molar-refractivity contribution < 1.29 is 8.42 Å². The van der Waals surface area contributed by atoms with Crippen LogP contribution in [0.25, 0.3) is 0 Å². The first-order valence-corrected chi connectivity index (χ1v) is 9.68. The zero-order valence-corrected chi connectivity index (χ0v) is 14.1. The molecule has 20 heavy (non-hydrogen) atoms. The molecule has 5 nitrogen and oxygen atoms in total. The predicted octanol–water partition coefficient (Wildman–Crippen LogP) is 1.95. The highest BCUT2D eigenvalue weighted by atomic mass is 32.2. The lowest BCUT2D eigenvalue weighted by atomic mass is 10.1. The van der Waals surface area contributed by atoms with Crippen molar-refractivity contribution in [3.8, 4) is 0 Å². The van der Waals surface area contributed by atoms with Crippen LogP contribution in [0.5, 0.6) is 0 Å². The molecule has 0 amide bonds. The van der Waals surface area contributed by atoms with Gasteiger partial charge < -0.3 is 10.6 Å². The van der Waals surface area contributed by atoms with Crippen molar-refractivity contribution in [2.45, 2.75) is 51.9 Å². The van der Waals surface area contributed by atoms with Gasteiger partial charge in [0, 0.05) is 26.4 Å². The van der Waals surface area contributed by atoms with Crippen molar-refractivity contribution in [1.82, 2.24) is 10.6 Å². The molecule has 0 aliphatic heterocycles. The number of nitrogens with zero attached hydrogens (tertiary/aromatic N) is 1. The lowest BCUT2D eigenvalue weighted by Crippen LogP contribution is -2.39. The monoisotopic (exact) mass is 305 g/mol. The van der Waals surface area contributed by atoms with E-state index in [1.165, 1.54) is 44.8 Å². The van der Waals surface area contributed by atoms with E-state index in [4.69, 9.17) is 0 Å². The van der Waals surface area contributed by atoms with Crippen molar-refractivity contribution in [3.63, 3.8) is 0 Å². The highest BCUT2D eigenvalue weighted by molar-refractivity contribution is 7.90. The van der Waals surface area contributed by atoms with Crippen LogP contribution in [0.3, 0.4) is 0 Å². The Balaban J connectivity index is 3.51. The Morgan fingerprint density at radius 1 is 0.950 bits per heavy atom. The highest BCUT2D eigenvalue weighted by Gasteiger charge is 2.02. The first-order valence-electron chi connectivity index (χ1n) is 7.62. The average Bonchev–Trinajstić information content (AvgIpc) is 2.38. The molecule has 0 atom stereocenters. The predicted molar refractivity (Wildman–Crippen MR) is 87.1 cm³/mol. The maximum Gasteiger partial charge on any atom is 0.191 e. The first-order chi connectivity index (χ1) is 9.49. The van der Waals surface area contributed by atoms with E-state index in [2.05, 4.69) is 22.5 Å². The van der Waals surface area contributed by atoms with E-state index in [9.17, 15) is 8.42 Å². The molecular weight excluding hydrogens is 274 g/mol. The maximum absolute atomic E-state index is 11.0. The number of rotatable bonds is 11. The van der Waals surface area contributed by atoms with Gasteiger partial charge in [-0.1, -0.05) is 45.4 Å². The average molecular weight is 305 g/mol. The van der Waals surface area contributed by atoms with Crippen molar-refractivity contribution in [3.05, 3.63) is 0 Å². The van der Waals surface area contributed by atoms with Crippen LogP contribution in [-0.4, -0.2) is 46.5 Å². The van der Waals surface area contributed by atoms with Crippen LogP contribution >= 0.6 is 0 Å². The van der Waals surface area contributed by atoms with Gasteiger partial charge in [0.25, 0.3) is 0 Å². The fraction of sp³-hybridized carbons (Fsp3) is 0.929. The van der Waals surface area contributed by atoms with Crippen LogP contribution in [-0.2, 0) is 9.84 Å². The molecule has 2 N–H and O–H groups in total. The minimum absolute atomic E-state index is 0.130. The van der Waals surface area contributed by atoms with E-state index in [1.807, 2.05) is 0 Å². The molecule has 0 aromatic heterocycles. The minimum Gasteiger partial charge on any atom is -0.356 e. The van der Waals surface area contributed by atoms with E-state index in [0.717, 1.165) is 13.0 Å². The van der Waals surface area contributed by atoms with Gasteiger partial charge in [0.05, 0.1) is 5.75 Å². The molecule has 0 heterocycles. The topological polar surface area (TPSA) is 70.6 Å². The second kappa shape index (κ2) is 12.0. The smallest absolute Gasteiger partial charge is 0.191 e. The molecule has 0 aromatic rings. The molecule has 0 rings (SSSR count). The van der Waals surface area contributed by atoms with Gasteiger partial charge in [-0.2, -0.15) is 0 Å². The summed E-state index contributed by atoms with van der Waals surface area (Å²) in [5.74, 6) is 0.810. The molecule has 0 spiro atoms. The lowest BCUT2D eigenvalue weighted by Gasteiger charge is -2.11. The third-order valence-electron chi connectivity index (χ3n) is 3.06. The van der Waals surface area contributed by atoms with Crippen LogP contribution in [0, 0.1) is 0 Å². The van der Waals surface area contributed by atoms with Gasteiger partial charge in [-0.3, -0.25) is 4.99 Å². The van der Waals surface area contributed by atoms with E-state index >= 15 is 0 Å². The van der Waals surface area contributed by atoms with Crippen molar-refractivity contribution in [1.29, 1.82) is 0 Å². The third kappa shape index (κ3) is 13.6. The molecule has 6 heteroatoms. The first kappa shape index (κ1) is 19.2. The number of hydrogen-bond acceptors (Lipinski definition) is 3. The normalized spacial score (nSPS) is 12.4. The molecule has 0 unspecified atom stereocenters. The summed E-state index contributed by atoms with van der Waals surface area (Å²) < 4.78 is 22.0. The second-order valence-electron chi connectivity index (χ2n) is 5.18. The zero-order chi connectivity index (χ0) is 15.3. The maximum atomic E-state index is 11.0. The van der Waals surface area contributed by atoms with Gasteiger partial charge in [0.15, 0.2) is 5.96 Å². The van der Waals surface area contributed by atoms with Crippen LogP contribution in [0.1, 0.15) is 51.9 Å². The molecule has 0 saturated heterocycles. The standard InChI is InChI=1S/C14H31N3O2S/c1-4-5-6-7-8-9-10-11-16-14(15-2)17-12-13-20(3,18)19/h4-13H2,1-3H3,(H2,15,16,17). The van der Waals surface area contributed by atoms with Crippen molar-refractivity contribution in [2.24, 2.45) is 4.99 Å². The SMILES string of the molecule is CCCCCCCCCNC(=NC)NCCS(C)(=O)=O. The highest BCUT2D eigenvalue weighted by Crippen LogP contribution is 2.06. The van der Waals surface area contributed by atoms with E-state index in [-0.39, 0.29) is 5.75 Å². The van der Waals surface area contributed by atoms with Gasteiger partial charge in [0.2, 0.25) is 0 Å². The fourth-order valence-electron chi connectivity index (χ4n) is 1.86. The van der Waals surface area contributed by atoms with E-state index in [1.54, 1.807) is 7.05 Å². The summed E-state index contributed by atoms with van der Waals surface area (Å²) in [4.78, 5) is 4.07. The Kier molecular flexibility index (Phi) is 11.5. The van der Waals surface area contributed by atoms with Crippen molar-refractivity contribution >= 4 is 15.8 Å². The van der Waals surface area contributed by atoms with E-state index < -0.39 is 9.84 Å². The summed E-state index contributed by atoms with van der Waals surface area (Å²) in [7, 11) is -1.22. The molecule has 120 valence electrons. The number of aliphatic imine (C=N–C) groups is 1. The molecule has 0 saturated carbocycles. The fourth-order valence-corrected chi connectivity index (χ4v) is 2.34. The van der Waals surface area contributed by atoms with Gasteiger partial charge in [-0.05, 0) is 6.42 Å². The Morgan fingerprint density at radius 3 is 2.05 bits per heavy atom. The molecular formula is C14H31N3O2S. The Hall–Kier alpha value is -0.780. The zero-order valence-electron chi connectivity index (χ0n) is 13.2. The van der Waals surface area contributed by atoms with Gasteiger partial charge in [-0.25, -0.2) is 8.42 Å². The summed E-state index contributed by atoms with van der Waals surface area (Å²) in [5, 5.41) is 6.21. The summed E-state index contributed by atoms with van der Waals surface area (Å²) in [5.41, 5.74) is 0.